The highest BCUT2D eigenvalue weighted by molar-refractivity contribution is 7.12. The fraction of sp³-hybridized carbons (Fsp3) is 0.333. The van der Waals surface area contributed by atoms with Crippen LogP contribution in [0.1, 0.15) is 28.1 Å². The van der Waals surface area contributed by atoms with Gasteiger partial charge in [-0.25, -0.2) is 4.98 Å². The molecule has 0 aliphatic carbocycles. The predicted octanol–water partition coefficient (Wildman–Crippen LogP) is 3.30. The van der Waals surface area contributed by atoms with Crippen LogP contribution in [0.25, 0.3) is 0 Å². The van der Waals surface area contributed by atoms with Crippen molar-refractivity contribution in [3.05, 3.63) is 40.2 Å². The molecule has 20 heavy (non-hydrogen) atoms. The molecule has 104 valence electrons. The van der Waals surface area contributed by atoms with Crippen LogP contribution in [-0.4, -0.2) is 24.0 Å². The Morgan fingerprint density at radius 1 is 1.30 bits per heavy atom. The standard InChI is InChI=1S/C15H17N3OS/c1-11-6-9-20-14(11)15(19)17-13-5-4-12(10-16-13)18-7-2-3-8-18/h4-6,9-10H,2-3,7-8H2,1H3,(H,16,17,19). The summed E-state index contributed by atoms with van der Waals surface area (Å²) >= 11 is 1.45. The van der Waals surface area contributed by atoms with Crippen molar-refractivity contribution in [2.24, 2.45) is 0 Å². The lowest BCUT2D eigenvalue weighted by molar-refractivity contribution is 0.102. The zero-order chi connectivity index (χ0) is 13.9. The summed E-state index contributed by atoms with van der Waals surface area (Å²) in [6.45, 7) is 4.14. The maximum Gasteiger partial charge on any atom is 0.267 e. The Morgan fingerprint density at radius 3 is 2.70 bits per heavy atom. The van der Waals surface area contributed by atoms with Gasteiger partial charge < -0.3 is 10.2 Å². The maximum absolute atomic E-state index is 12.1. The van der Waals surface area contributed by atoms with Crippen molar-refractivity contribution in [1.82, 2.24) is 4.98 Å². The molecule has 4 nitrogen and oxygen atoms in total. The van der Waals surface area contributed by atoms with Crippen LogP contribution in [0.15, 0.2) is 29.8 Å². The summed E-state index contributed by atoms with van der Waals surface area (Å²) in [7, 11) is 0. The lowest BCUT2D eigenvalue weighted by Gasteiger charge is -2.17. The van der Waals surface area contributed by atoms with E-state index in [2.05, 4.69) is 15.2 Å². The number of thiophene rings is 1. The molecule has 1 fully saturated rings. The molecule has 0 bridgehead atoms. The number of anilines is 2. The van der Waals surface area contributed by atoms with Crippen LogP contribution in [0.2, 0.25) is 0 Å². The average molecular weight is 287 g/mol. The number of amides is 1. The quantitative estimate of drug-likeness (QED) is 0.942. The fourth-order valence-electron chi connectivity index (χ4n) is 2.40. The van der Waals surface area contributed by atoms with E-state index in [1.54, 1.807) is 0 Å². The SMILES string of the molecule is Cc1ccsc1C(=O)Nc1ccc(N2CCCC2)cn1. The zero-order valence-electron chi connectivity index (χ0n) is 11.4. The first kappa shape index (κ1) is 13.1. The predicted molar refractivity (Wildman–Crippen MR) is 82.7 cm³/mol. The maximum atomic E-state index is 12.1. The van der Waals surface area contributed by atoms with Crippen molar-refractivity contribution in [2.45, 2.75) is 19.8 Å². The van der Waals surface area contributed by atoms with Crippen LogP contribution >= 0.6 is 11.3 Å². The van der Waals surface area contributed by atoms with Crippen LogP contribution in [0.3, 0.4) is 0 Å². The number of nitrogens with zero attached hydrogens (tertiary/aromatic N) is 2. The van der Waals surface area contributed by atoms with Crippen molar-refractivity contribution in [3.8, 4) is 0 Å². The van der Waals surface area contributed by atoms with Gasteiger partial charge in [0, 0.05) is 13.1 Å². The van der Waals surface area contributed by atoms with Gasteiger partial charge in [-0.1, -0.05) is 0 Å². The van der Waals surface area contributed by atoms with E-state index < -0.39 is 0 Å². The van der Waals surface area contributed by atoms with Gasteiger partial charge >= 0.3 is 0 Å². The summed E-state index contributed by atoms with van der Waals surface area (Å²) in [5.41, 5.74) is 2.13. The third-order valence-electron chi connectivity index (χ3n) is 3.53. The second-order valence-corrected chi connectivity index (χ2v) is 5.90. The van der Waals surface area contributed by atoms with Crippen LogP contribution in [-0.2, 0) is 0 Å². The van der Waals surface area contributed by atoms with Crippen molar-refractivity contribution in [3.63, 3.8) is 0 Å². The van der Waals surface area contributed by atoms with Gasteiger partial charge in [0.05, 0.1) is 16.8 Å². The minimum Gasteiger partial charge on any atom is -0.370 e. The Balaban J connectivity index is 1.69. The van der Waals surface area contributed by atoms with E-state index in [-0.39, 0.29) is 5.91 Å². The average Bonchev–Trinajstić information content (AvgIpc) is 3.10. The molecule has 1 saturated heterocycles. The highest BCUT2D eigenvalue weighted by Gasteiger charge is 2.14. The van der Waals surface area contributed by atoms with Crippen molar-refractivity contribution >= 4 is 28.7 Å². The minimum atomic E-state index is -0.0843. The summed E-state index contributed by atoms with van der Waals surface area (Å²) in [5.74, 6) is 0.518. The normalized spacial score (nSPS) is 14.6. The molecule has 0 unspecified atom stereocenters. The number of carbonyl (C=O) groups excluding carboxylic acids is 1. The largest absolute Gasteiger partial charge is 0.370 e. The van der Waals surface area contributed by atoms with Crippen molar-refractivity contribution in [1.29, 1.82) is 0 Å². The molecule has 1 aliphatic heterocycles. The molecule has 3 heterocycles. The molecule has 3 rings (SSSR count). The third kappa shape index (κ3) is 2.67. The Kier molecular flexibility index (Phi) is 3.69. The first-order chi connectivity index (χ1) is 9.74. The monoisotopic (exact) mass is 287 g/mol. The topological polar surface area (TPSA) is 45.2 Å². The molecule has 0 atom stereocenters. The molecule has 0 radical (unpaired) electrons. The van der Waals surface area contributed by atoms with Gasteiger partial charge in [-0.05, 0) is 48.9 Å². The van der Waals surface area contributed by atoms with Crippen molar-refractivity contribution in [2.75, 3.05) is 23.3 Å². The fourth-order valence-corrected chi connectivity index (χ4v) is 3.22. The summed E-state index contributed by atoms with van der Waals surface area (Å²) in [6.07, 6.45) is 4.33. The molecule has 1 N–H and O–H groups in total. The molecule has 0 saturated carbocycles. The van der Waals surface area contributed by atoms with Gasteiger partial charge in [0.2, 0.25) is 0 Å². The highest BCUT2D eigenvalue weighted by Crippen LogP contribution is 2.21. The lowest BCUT2D eigenvalue weighted by atomic mass is 10.3. The Bertz CT molecular complexity index is 600. The smallest absolute Gasteiger partial charge is 0.267 e. The number of hydrogen-bond acceptors (Lipinski definition) is 4. The third-order valence-corrected chi connectivity index (χ3v) is 4.54. The molecular weight excluding hydrogens is 270 g/mol. The second kappa shape index (κ2) is 5.63. The molecule has 5 heteroatoms. The lowest BCUT2D eigenvalue weighted by Crippen LogP contribution is -2.18. The number of rotatable bonds is 3. The molecule has 0 aromatic carbocycles. The zero-order valence-corrected chi connectivity index (χ0v) is 12.2. The van der Waals surface area contributed by atoms with Gasteiger partial charge in [-0.15, -0.1) is 11.3 Å². The molecule has 2 aromatic heterocycles. The molecule has 0 spiro atoms. The van der Waals surface area contributed by atoms with E-state index in [0.717, 1.165) is 29.2 Å². The van der Waals surface area contributed by atoms with E-state index in [1.807, 2.05) is 36.7 Å². The van der Waals surface area contributed by atoms with Gasteiger partial charge in [0.25, 0.3) is 5.91 Å². The first-order valence-electron chi connectivity index (χ1n) is 6.80. The second-order valence-electron chi connectivity index (χ2n) is 4.98. The molecule has 2 aromatic rings. The minimum absolute atomic E-state index is 0.0843. The highest BCUT2D eigenvalue weighted by atomic mass is 32.1. The van der Waals surface area contributed by atoms with Gasteiger partial charge in [-0.3, -0.25) is 4.79 Å². The summed E-state index contributed by atoms with van der Waals surface area (Å²) in [5, 5.41) is 4.77. The van der Waals surface area contributed by atoms with Gasteiger partial charge in [0.15, 0.2) is 0 Å². The van der Waals surface area contributed by atoms with Crippen LogP contribution in [0, 0.1) is 6.92 Å². The number of aromatic nitrogens is 1. The van der Waals surface area contributed by atoms with Gasteiger partial charge in [0.1, 0.15) is 5.82 Å². The first-order valence-corrected chi connectivity index (χ1v) is 7.68. The molecule has 1 amide bonds. The van der Waals surface area contributed by atoms with Crippen LogP contribution < -0.4 is 10.2 Å². The Morgan fingerprint density at radius 2 is 2.10 bits per heavy atom. The number of aryl methyl sites for hydroxylation is 1. The van der Waals surface area contributed by atoms with E-state index in [4.69, 9.17) is 0 Å². The van der Waals surface area contributed by atoms with Crippen molar-refractivity contribution < 1.29 is 4.79 Å². The van der Waals surface area contributed by atoms with Crippen LogP contribution in [0.4, 0.5) is 11.5 Å². The number of hydrogen-bond donors (Lipinski definition) is 1. The Labute approximate surface area is 122 Å². The van der Waals surface area contributed by atoms with E-state index in [0.29, 0.717) is 5.82 Å². The summed E-state index contributed by atoms with van der Waals surface area (Å²) in [4.78, 5) is 19.5. The van der Waals surface area contributed by atoms with Gasteiger partial charge in [-0.2, -0.15) is 0 Å². The number of carbonyl (C=O) groups is 1. The molecular formula is C15H17N3OS. The van der Waals surface area contributed by atoms with Crippen LogP contribution in [0.5, 0.6) is 0 Å². The van der Waals surface area contributed by atoms with E-state index in [9.17, 15) is 4.79 Å². The number of pyridine rings is 1. The van der Waals surface area contributed by atoms with E-state index in [1.165, 1.54) is 24.2 Å². The number of nitrogens with one attached hydrogen (secondary N) is 1. The Hall–Kier alpha value is -1.88. The summed E-state index contributed by atoms with van der Waals surface area (Å²) in [6, 6.07) is 5.84. The van der Waals surface area contributed by atoms with E-state index >= 15 is 0 Å². The summed E-state index contributed by atoms with van der Waals surface area (Å²) < 4.78 is 0. The molecule has 1 aliphatic rings.